The molecule has 9 nitrogen and oxygen atoms in total. The summed E-state index contributed by atoms with van der Waals surface area (Å²) in [5, 5.41) is 39.8. The lowest BCUT2D eigenvalue weighted by atomic mass is 10.1. The number of aliphatic carboxylic acids is 1. The number of para-hydroxylation sites is 1. The summed E-state index contributed by atoms with van der Waals surface area (Å²) < 4.78 is 17.3. The SMILES string of the molecule is CC(=O)O.OCc1cc([C@@H](O)CNCCCCCCOCCOCc2cccc(Oc3ccccc3)c2)ccc1O. The predicted octanol–water partition coefficient (Wildman–Crippen LogP) is 5.18. The second-order valence-electron chi connectivity index (χ2n) is 9.43. The Hall–Kier alpha value is -3.47. The van der Waals surface area contributed by atoms with Gasteiger partial charge in [-0.1, -0.05) is 49.2 Å². The van der Waals surface area contributed by atoms with Gasteiger partial charge in [0.1, 0.15) is 17.2 Å². The molecule has 41 heavy (non-hydrogen) atoms. The first-order valence-electron chi connectivity index (χ1n) is 13.9. The zero-order valence-electron chi connectivity index (χ0n) is 23.7. The average Bonchev–Trinajstić information content (AvgIpc) is 2.96. The van der Waals surface area contributed by atoms with Crippen molar-refractivity contribution in [1.82, 2.24) is 5.32 Å². The van der Waals surface area contributed by atoms with E-state index in [1.807, 2.05) is 54.6 Å². The van der Waals surface area contributed by atoms with Gasteiger partial charge in [0.25, 0.3) is 5.97 Å². The smallest absolute Gasteiger partial charge is 0.300 e. The molecule has 224 valence electrons. The fourth-order valence-corrected chi connectivity index (χ4v) is 3.84. The summed E-state index contributed by atoms with van der Waals surface area (Å²) in [5.41, 5.74) is 2.17. The third-order valence-corrected chi connectivity index (χ3v) is 5.91. The number of aliphatic hydroxyl groups excluding tert-OH is 2. The molecule has 0 saturated carbocycles. The number of rotatable bonds is 18. The van der Waals surface area contributed by atoms with Crippen molar-refractivity contribution in [3.63, 3.8) is 0 Å². The second kappa shape index (κ2) is 20.4. The van der Waals surface area contributed by atoms with Crippen molar-refractivity contribution in [1.29, 1.82) is 0 Å². The van der Waals surface area contributed by atoms with Crippen LogP contribution in [0.1, 0.15) is 55.4 Å². The Labute approximate surface area is 242 Å². The van der Waals surface area contributed by atoms with E-state index in [-0.39, 0.29) is 12.4 Å². The maximum absolute atomic E-state index is 10.3. The molecule has 0 amide bonds. The van der Waals surface area contributed by atoms with Crippen molar-refractivity contribution in [3.8, 4) is 17.2 Å². The lowest BCUT2D eigenvalue weighted by molar-refractivity contribution is -0.134. The van der Waals surface area contributed by atoms with E-state index in [0.717, 1.165) is 62.8 Å². The highest BCUT2D eigenvalue weighted by atomic mass is 16.5. The number of aromatic hydroxyl groups is 1. The van der Waals surface area contributed by atoms with Crippen LogP contribution >= 0.6 is 0 Å². The number of unbranched alkanes of at least 4 members (excludes halogenated alkanes) is 3. The minimum atomic E-state index is -0.833. The maximum atomic E-state index is 10.3. The van der Waals surface area contributed by atoms with Gasteiger partial charge >= 0.3 is 0 Å². The lowest BCUT2D eigenvalue weighted by Crippen LogP contribution is -2.22. The van der Waals surface area contributed by atoms with Crippen LogP contribution in [0.4, 0.5) is 0 Å². The van der Waals surface area contributed by atoms with Gasteiger partial charge in [0.15, 0.2) is 0 Å². The Morgan fingerprint density at radius 3 is 2.32 bits per heavy atom. The fraction of sp³-hybridized carbons (Fsp3) is 0.406. The van der Waals surface area contributed by atoms with Crippen LogP contribution in [0, 0.1) is 0 Å². The summed E-state index contributed by atoms with van der Waals surface area (Å²) in [5.74, 6) is 0.815. The van der Waals surface area contributed by atoms with Crippen molar-refractivity contribution in [2.45, 2.75) is 51.9 Å². The van der Waals surface area contributed by atoms with E-state index in [2.05, 4.69) is 5.32 Å². The van der Waals surface area contributed by atoms with Gasteiger partial charge in [-0.3, -0.25) is 4.79 Å². The Morgan fingerprint density at radius 2 is 1.56 bits per heavy atom. The number of hydrogen-bond donors (Lipinski definition) is 5. The molecule has 0 saturated heterocycles. The number of phenols is 1. The van der Waals surface area contributed by atoms with E-state index in [0.29, 0.717) is 37.5 Å². The van der Waals surface area contributed by atoms with E-state index in [9.17, 15) is 15.3 Å². The molecule has 0 aliphatic carbocycles. The fourth-order valence-electron chi connectivity index (χ4n) is 3.84. The van der Waals surface area contributed by atoms with Crippen LogP contribution in [0.2, 0.25) is 0 Å². The van der Waals surface area contributed by atoms with Crippen LogP contribution in [0.15, 0.2) is 72.8 Å². The van der Waals surface area contributed by atoms with E-state index < -0.39 is 12.1 Å². The van der Waals surface area contributed by atoms with Gasteiger partial charge in [-0.15, -0.1) is 0 Å². The minimum absolute atomic E-state index is 0.0406. The third-order valence-electron chi connectivity index (χ3n) is 5.91. The summed E-state index contributed by atoms with van der Waals surface area (Å²) in [7, 11) is 0. The highest BCUT2D eigenvalue weighted by molar-refractivity contribution is 5.62. The van der Waals surface area contributed by atoms with Crippen molar-refractivity contribution >= 4 is 5.97 Å². The number of benzene rings is 3. The van der Waals surface area contributed by atoms with Gasteiger partial charge in [0.2, 0.25) is 0 Å². The largest absolute Gasteiger partial charge is 0.508 e. The Morgan fingerprint density at radius 1 is 0.854 bits per heavy atom. The van der Waals surface area contributed by atoms with Crippen molar-refractivity contribution in [3.05, 3.63) is 89.5 Å². The van der Waals surface area contributed by atoms with Crippen LogP contribution in [0.25, 0.3) is 0 Å². The lowest BCUT2D eigenvalue weighted by Gasteiger charge is -2.14. The number of carbonyl (C=O) groups is 1. The number of nitrogens with one attached hydrogen (secondary N) is 1. The van der Waals surface area contributed by atoms with E-state index in [1.165, 1.54) is 6.07 Å². The van der Waals surface area contributed by atoms with E-state index >= 15 is 0 Å². The number of ether oxygens (including phenoxy) is 3. The maximum Gasteiger partial charge on any atom is 0.300 e. The molecule has 0 aromatic heterocycles. The standard InChI is InChI=1S/C30H39NO6.C2H4O2/c32-22-26-20-25(13-14-29(26)33)30(34)21-31-15-6-1-2-7-16-35-17-18-36-23-24-9-8-12-28(19-24)37-27-10-4-3-5-11-27;1-2(3)4/h3-5,8-14,19-20,30-34H,1-2,6-7,15-18,21-23H2;1H3,(H,3,4)/t30-;/m0./s1. The summed E-state index contributed by atoms with van der Waals surface area (Å²) in [6.07, 6.45) is 3.56. The molecular weight excluding hydrogens is 526 g/mol. The molecule has 3 rings (SSSR count). The molecule has 0 aliphatic rings. The Kier molecular flexibility index (Phi) is 16.8. The van der Waals surface area contributed by atoms with Gasteiger partial charge < -0.3 is 40.0 Å². The van der Waals surface area contributed by atoms with Crippen molar-refractivity contribution in [2.75, 3.05) is 32.9 Å². The van der Waals surface area contributed by atoms with Gasteiger partial charge in [-0.05, 0) is 66.9 Å². The van der Waals surface area contributed by atoms with Gasteiger partial charge in [-0.2, -0.15) is 0 Å². The zero-order valence-corrected chi connectivity index (χ0v) is 23.7. The van der Waals surface area contributed by atoms with Crippen molar-refractivity contribution in [2.24, 2.45) is 0 Å². The van der Waals surface area contributed by atoms with Gasteiger partial charge in [0, 0.05) is 25.6 Å². The molecule has 0 fully saturated rings. The minimum Gasteiger partial charge on any atom is -0.508 e. The molecule has 0 radical (unpaired) electrons. The van der Waals surface area contributed by atoms with Crippen LogP contribution in [-0.4, -0.2) is 59.3 Å². The number of aliphatic hydroxyl groups is 2. The molecule has 0 aliphatic heterocycles. The molecule has 0 unspecified atom stereocenters. The predicted molar refractivity (Wildman–Crippen MR) is 157 cm³/mol. The van der Waals surface area contributed by atoms with Crippen LogP contribution < -0.4 is 10.1 Å². The number of hydrogen-bond acceptors (Lipinski definition) is 8. The zero-order chi connectivity index (χ0) is 29.7. The second-order valence-corrected chi connectivity index (χ2v) is 9.43. The number of carboxylic acid groups (broad SMARTS) is 1. The summed E-state index contributed by atoms with van der Waals surface area (Å²) in [4.78, 5) is 9.00. The molecule has 9 heteroatoms. The molecule has 5 N–H and O–H groups in total. The van der Waals surface area contributed by atoms with E-state index in [1.54, 1.807) is 12.1 Å². The summed E-state index contributed by atoms with van der Waals surface area (Å²) >= 11 is 0. The first-order chi connectivity index (χ1) is 19.9. The summed E-state index contributed by atoms with van der Waals surface area (Å²) in [6.45, 7) is 4.47. The molecule has 0 spiro atoms. The Balaban J connectivity index is 0.00000138. The first kappa shape index (κ1) is 33.7. The van der Waals surface area contributed by atoms with Crippen LogP contribution in [0.3, 0.4) is 0 Å². The van der Waals surface area contributed by atoms with Crippen LogP contribution in [-0.2, 0) is 27.5 Å². The highest BCUT2D eigenvalue weighted by Gasteiger charge is 2.10. The first-order valence-corrected chi connectivity index (χ1v) is 13.9. The molecule has 1 atom stereocenters. The quantitative estimate of drug-likeness (QED) is 0.131. The summed E-state index contributed by atoms with van der Waals surface area (Å²) in [6, 6.07) is 22.4. The highest BCUT2D eigenvalue weighted by Crippen LogP contribution is 2.23. The van der Waals surface area contributed by atoms with Crippen molar-refractivity contribution < 1.29 is 39.4 Å². The third kappa shape index (κ3) is 15.2. The monoisotopic (exact) mass is 569 g/mol. The average molecular weight is 570 g/mol. The van der Waals surface area contributed by atoms with Crippen LogP contribution in [0.5, 0.6) is 17.2 Å². The molecule has 0 bridgehead atoms. The topological polar surface area (TPSA) is 138 Å². The van der Waals surface area contributed by atoms with Gasteiger partial charge in [-0.25, -0.2) is 0 Å². The molecular formula is C32H43NO8. The van der Waals surface area contributed by atoms with E-state index in [4.69, 9.17) is 24.1 Å². The normalized spacial score (nSPS) is 11.4. The molecule has 3 aromatic carbocycles. The van der Waals surface area contributed by atoms with Gasteiger partial charge in [0.05, 0.1) is 32.5 Å². The Bertz CT molecular complexity index is 1120. The molecule has 3 aromatic rings. The number of carboxylic acids is 1. The molecule has 0 heterocycles.